The lowest BCUT2D eigenvalue weighted by atomic mass is 9.81. The summed E-state index contributed by atoms with van der Waals surface area (Å²) < 4.78 is 8.04. The van der Waals surface area contributed by atoms with Crippen molar-refractivity contribution in [1.82, 2.24) is 9.47 Å². The number of ether oxygens (including phenoxy) is 1. The van der Waals surface area contributed by atoms with E-state index >= 15 is 0 Å². The van der Waals surface area contributed by atoms with Gasteiger partial charge in [0.25, 0.3) is 0 Å². The Morgan fingerprint density at radius 1 is 1.09 bits per heavy atom. The van der Waals surface area contributed by atoms with Gasteiger partial charge in [-0.1, -0.05) is 31.4 Å². The van der Waals surface area contributed by atoms with Gasteiger partial charge in [0.2, 0.25) is 0 Å². The van der Waals surface area contributed by atoms with E-state index in [1.807, 2.05) is 6.07 Å². The standard InChI is InChI=1S/C28H30N2O3/c1-29-13-12-19-16-30-24-14-18(28(31)32)8-10-22(24)25(17-6-4-3-5-7-17)27(30)21-11-9-20(33-2)15-23(21)26(19)29/h8-12,14-15,17,26H,3-7,13,16H2,1-2H3,(H,31,32). The third kappa shape index (κ3) is 3.13. The van der Waals surface area contributed by atoms with Crippen LogP contribution in [0.5, 0.6) is 5.75 Å². The van der Waals surface area contributed by atoms with E-state index in [0.29, 0.717) is 11.5 Å². The fourth-order valence-corrected chi connectivity index (χ4v) is 6.41. The first-order chi connectivity index (χ1) is 16.1. The highest BCUT2D eigenvalue weighted by Crippen LogP contribution is 2.50. The summed E-state index contributed by atoms with van der Waals surface area (Å²) in [5.41, 5.74) is 8.01. The van der Waals surface area contributed by atoms with Crippen molar-refractivity contribution in [2.45, 2.75) is 50.6 Å². The Kier molecular flexibility index (Phi) is 4.84. The van der Waals surface area contributed by atoms with E-state index in [9.17, 15) is 9.90 Å². The number of nitrogens with zero attached hydrogens (tertiary/aromatic N) is 2. The lowest BCUT2D eigenvalue weighted by Gasteiger charge is -2.26. The predicted octanol–water partition coefficient (Wildman–Crippen LogP) is 5.99. The first kappa shape index (κ1) is 20.5. The summed E-state index contributed by atoms with van der Waals surface area (Å²) in [6.07, 6.45) is 8.57. The molecule has 0 amide bonds. The van der Waals surface area contributed by atoms with Crippen LogP contribution >= 0.6 is 0 Å². The van der Waals surface area contributed by atoms with E-state index in [1.165, 1.54) is 65.4 Å². The number of hydrogen-bond acceptors (Lipinski definition) is 3. The number of carbonyl (C=O) groups is 1. The predicted molar refractivity (Wildman–Crippen MR) is 130 cm³/mol. The van der Waals surface area contributed by atoms with Crippen LogP contribution in [-0.4, -0.2) is 41.2 Å². The molecule has 0 bridgehead atoms. The van der Waals surface area contributed by atoms with E-state index < -0.39 is 5.97 Å². The van der Waals surface area contributed by atoms with Gasteiger partial charge in [-0.25, -0.2) is 4.79 Å². The van der Waals surface area contributed by atoms with Crippen molar-refractivity contribution in [1.29, 1.82) is 0 Å². The molecule has 1 aliphatic carbocycles. The number of benzene rings is 2. The first-order valence-corrected chi connectivity index (χ1v) is 12.0. The minimum absolute atomic E-state index is 0.215. The van der Waals surface area contributed by atoms with Crippen molar-refractivity contribution < 1.29 is 14.6 Å². The van der Waals surface area contributed by atoms with E-state index in [1.54, 1.807) is 13.2 Å². The number of aromatic carboxylic acids is 1. The van der Waals surface area contributed by atoms with Crippen molar-refractivity contribution in [2.75, 3.05) is 20.7 Å². The molecular formula is C28H30N2O3. The van der Waals surface area contributed by atoms with E-state index in [4.69, 9.17) is 4.74 Å². The summed E-state index contributed by atoms with van der Waals surface area (Å²) in [4.78, 5) is 14.2. The molecule has 2 aromatic carbocycles. The molecular weight excluding hydrogens is 412 g/mol. The summed E-state index contributed by atoms with van der Waals surface area (Å²) in [6.45, 7) is 1.70. The molecule has 33 heavy (non-hydrogen) atoms. The molecule has 1 atom stereocenters. The Bertz CT molecular complexity index is 1300. The van der Waals surface area contributed by atoms with Gasteiger partial charge < -0.3 is 14.4 Å². The number of fused-ring (bicyclic) bond motifs is 7. The lowest BCUT2D eigenvalue weighted by Crippen LogP contribution is -2.21. The van der Waals surface area contributed by atoms with Gasteiger partial charge in [-0.05, 0) is 72.8 Å². The Morgan fingerprint density at radius 3 is 2.67 bits per heavy atom. The van der Waals surface area contributed by atoms with Gasteiger partial charge in [-0.2, -0.15) is 0 Å². The molecule has 6 rings (SSSR count). The SMILES string of the molecule is COc1ccc2c(c1)C1C(=CCN1C)Cn1c-2c(C2CCCCC2)c2ccc(C(=O)O)cc21. The van der Waals surface area contributed by atoms with Crippen LogP contribution in [0.15, 0.2) is 48.0 Å². The van der Waals surface area contributed by atoms with Crippen LogP contribution in [0.4, 0.5) is 0 Å². The third-order valence-corrected chi connectivity index (χ3v) is 7.95. The molecule has 0 saturated heterocycles. The molecule has 0 radical (unpaired) electrons. The van der Waals surface area contributed by atoms with E-state index in [-0.39, 0.29) is 6.04 Å². The molecule has 2 aliphatic heterocycles. The second kappa shape index (κ2) is 7.77. The zero-order chi connectivity index (χ0) is 22.7. The number of rotatable bonds is 3. The average molecular weight is 443 g/mol. The summed E-state index contributed by atoms with van der Waals surface area (Å²) in [5, 5.41) is 10.9. The van der Waals surface area contributed by atoms with Crippen LogP contribution in [0.25, 0.3) is 22.2 Å². The fourth-order valence-electron chi connectivity index (χ4n) is 6.41. The molecule has 170 valence electrons. The maximum absolute atomic E-state index is 11.8. The third-order valence-electron chi connectivity index (χ3n) is 7.95. The molecule has 3 heterocycles. The van der Waals surface area contributed by atoms with Gasteiger partial charge in [0.05, 0.1) is 24.4 Å². The number of aromatic nitrogens is 1. The zero-order valence-electron chi connectivity index (χ0n) is 19.3. The zero-order valence-corrected chi connectivity index (χ0v) is 19.3. The normalized spacial score (nSPS) is 20.7. The van der Waals surface area contributed by atoms with Crippen molar-refractivity contribution in [3.8, 4) is 17.0 Å². The number of carboxylic acid groups (broad SMARTS) is 1. The fraction of sp³-hybridized carbons (Fsp3) is 0.393. The molecule has 1 saturated carbocycles. The Labute approximate surface area is 194 Å². The molecule has 1 aromatic heterocycles. The monoisotopic (exact) mass is 442 g/mol. The van der Waals surface area contributed by atoms with Gasteiger partial charge in [0.1, 0.15) is 5.75 Å². The minimum atomic E-state index is -0.872. The van der Waals surface area contributed by atoms with Crippen LogP contribution < -0.4 is 4.74 Å². The average Bonchev–Trinajstić information content (AvgIpc) is 3.31. The highest BCUT2D eigenvalue weighted by molar-refractivity contribution is 5.98. The summed E-state index contributed by atoms with van der Waals surface area (Å²) >= 11 is 0. The summed E-state index contributed by atoms with van der Waals surface area (Å²) in [7, 11) is 3.91. The molecule has 0 spiro atoms. The van der Waals surface area contributed by atoms with Gasteiger partial charge in [-0.15, -0.1) is 0 Å². The van der Waals surface area contributed by atoms with Crippen molar-refractivity contribution >= 4 is 16.9 Å². The molecule has 5 heteroatoms. The van der Waals surface area contributed by atoms with Gasteiger partial charge >= 0.3 is 5.97 Å². The van der Waals surface area contributed by atoms with Crippen molar-refractivity contribution in [3.63, 3.8) is 0 Å². The number of hydrogen-bond donors (Lipinski definition) is 1. The van der Waals surface area contributed by atoms with Gasteiger partial charge in [0.15, 0.2) is 0 Å². The molecule has 5 nitrogen and oxygen atoms in total. The molecule has 3 aliphatic rings. The van der Waals surface area contributed by atoms with E-state index in [0.717, 1.165) is 24.4 Å². The molecule has 1 N–H and O–H groups in total. The van der Waals surface area contributed by atoms with Crippen LogP contribution in [0.1, 0.15) is 65.5 Å². The highest BCUT2D eigenvalue weighted by Gasteiger charge is 2.36. The number of likely N-dealkylation sites (N-methyl/N-ethyl adjacent to an activating group) is 1. The summed E-state index contributed by atoms with van der Waals surface area (Å²) in [5.74, 6) is 0.515. The lowest BCUT2D eigenvalue weighted by molar-refractivity contribution is 0.0697. The maximum atomic E-state index is 11.8. The first-order valence-electron chi connectivity index (χ1n) is 12.0. The molecule has 3 aromatic rings. The van der Waals surface area contributed by atoms with Crippen LogP contribution in [0.2, 0.25) is 0 Å². The minimum Gasteiger partial charge on any atom is -0.497 e. The quantitative estimate of drug-likeness (QED) is 0.506. The van der Waals surface area contributed by atoms with Gasteiger partial charge in [0, 0.05) is 29.6 Å². The second-order valence-electron chi connectivity index (χ2n) is 9.79. The van der Waals surface area contributed by atoms with Crippen molar-refractivity contribution in [3.05, 3.63) is 64.7 Å². The van der Waals surface area contributed by atoms with E-state index in [2.05, 4.69) is 46.9 Å². The Balaban J connectivity index is 1.70. The number of methoxy groups -OCH3 is 1. The Morgan fingerprint density at radius 2 is 1.91 bits per heavy atom. The highest BCUT2D eigenvalue weighted by atomic mass is 16.5. The molecule has 1 fully saturated rings. The summed E-state index contributed by atoms with van der Waals surface area (Å²) in [6, 6.07) is 12.4. The van der Waals surface area contributed by atoms with Crippen molar-refractivity contribution in [2.24, 2.45) is 0 Å². The maximum Gasteiger partial charge on any atom is 0.335 e. The smallest absolute Gasteiger partial charge is 0.335 e. The largest absolute Gasteiger partial charge is 0.497 e. The molecule has 1 unspecified atom stereocenters. The van der Waals surface area contributed by atoms with Crippen LogP contribution in [0.3, 0.4) is 0 Å². The second-order valence-corrected chi connectivity index (χ2v) is 9.79. The van der Waals surface area contributed by atoms with Crippen LogP contribution in [-0.2, 0) is 6.54 Å². The van der Waals surface area contributed by atoms with Gasteiger partial charge in [-0.3, -0.25) is 4.90 Å². The topological polar surface area (TPSA) is 54.7 Å². The van der Waals surface area contributed by atoms with Crippen LogP contribution in [0, 0.1) is 0 Å². The number of carboxylic acids is 1. The Hall–Kier alpha value is -3.05.